The summed E-state index contributed by atoms with van der Waals surface area (Å²) in [6, 6.07) is 14.9. The van der Waals surface area contributed by atoms with Crippen molar-refractivity contribution in [3.05, 3.63) is 81.4 Å². The van der Waals surface area contributed by atoms with Gasteiger partial charge in [-0.2, -0.15) is 0 Å². The Bertz CT molecular complexity index is 939. The molecule has 0 aliphatic carbocycles. The van der Waals surface area contributed by atoms with Gasteiger partial charge in [0.2, 0.25) is 0 Å². The molecule has 3 heterocycles. The molecule has 25 heavy (non-hydrogen) atoms. The van der Waals surface area contributed by atoms with E-state index in [2.05, 4.69) is 9.88 Å². The molecule has 6 heteroatoms. The van der Waals surface area contributed by atoms with E-state index in [9.17, 15) is 4.79 Å². The second kappa shape index (κ2) is 6.96. The molecule has 0 bridgehead atoms. The highest BCUT2D eigenvalue weighted by Gasteiger charge is 2.22. The first kappa shape index (κ1) is 16.3. The van der Waals surface area contributed by atoms with Gasteiger partial charge in [-0.05, 0) is 29.8 Å². The van der Waals surface area contributed by atoms with Crippen molar-refractivity contribution in [2.45, 2.75) is 12.6 Å². The topological polar surface area (TPSA) is 46.8 Å². The molecular weight excluding hydrogens is 338 g/mol. The van der Waals surface area contributed by atoms with Crippen LogP contribution < -0.4 is 5.56 Å². The van der Waals surface area contributed by atoms with Crippen LogP contribution in [0.1, 0.15) is 17.4 Å². The molecule has 1 saturated heterocycles. The number of aromatic nitrogens is 2. The van der Waals surface area contributed by atoms with E-state index in [4.69, 9.17) is 16.3 Å². The lowest BCUT2D eigenvalue weighted by Gasteiger charge is -2.33. The van der Waals surface area contributed by atoms with Crippen LogP contribution in [0.2, 0.25) is 5.02 Å². The van der Waals surface area contributed by atoms with Crippen LogP contribution in [0.25, 0.3) is 5.65 Å². The number of benzene rings is 1. The number of rotatable bonds is 3. The first-order valence-corrected chi connectivity index (χ1v) is 8.63. The summed E-state index contributed by atoms with van der Waals surface area (Å²) in [7, 11) is 0. The first-order valence-electron chi connectivity index (χ1n) is 8.26. The second-order valence-corrected chi connectivity index (χ2v) is 6.60. The molecule has 0 radical (unpaired) electrons. The minimum Gasteiger partial charge on any atom is -0.371 e. The Kier molecular flexibility index (Phi) is 4.53. The molecule has 0 N–H and O–H groups in total. The minimum absolute atomic E-state index is 0.00701. The Morgan fingerprint density at radius 3 is 2.88 bits per heavy atom. The number of pyridine rings is 1. The van der Waals surface area contributed by atoms with Crippen molar-refractivity contribution in [3.63, 3.8) is 0 Å². The highest BCUT2D eigenvalue weighted by atomic mass is 35.5. The molecule has 1 atom stereocenters. The predicted octanol–water partition coefficient (Wildman–Crippen LogP) is 2.92. The van der Waals surface area contributed by atoms with Gasteiger partial charge in [0.05, 0.1) is 18.4 Å². The highest BCUT2D eigenvalue weighted by molar-refractivity contribution is 6.30. The van der Waals surface area contributed by atoms with Gasteiger partial charge in [0, 0.05) is 36.9 Å². The lowest BCUT2D eigenvalue weighted by molar-refractivity contribution is -0.0332. The molecule has 1 aliphatic heterocycles. The molecule has 1 aromatic carbocycles. The maximum atomic E-state index is 12.2. The zero-order valence-corrected chi connectivity index (χ0v) is 14.4. The summed E-state index contributed by atoms with van der Waals surface area (Å²) < 4.78 is 7.45. The number of nitrogens with zero attached hydrogens (tertiary/aromatic N) is 3. The van der Waals surface area contributed by atoms with E-state index >= 15 is 0 Å². The normalized spacial score (nSPS) is 18.5. The van der Waals surface area contributed by atoms with Crippen LogP contribution in [0.15, 0.2) is 59.5 Å². The Hall–Kier alpha value is -2.21. The van der Waals surface area contributed by atoms with Gasteiger partial charge in [0.15, 0.2) is 0 Å². The molecule has 1 fully saturated rings. The summed E-state index contributed by atoms with van der Waals surface area (Å²) in [6.07, 6.45) is 1.74. The van der Waals surface area contributed by atoms with Gasteiger partial charge in [-0.25, -0.2) is 4.98 Å². The molecule has 1 unspecified atom stereocenters. The van der Waals surface area contributed by atoms with Crippen LogP contribution in [0.4, 0.5) is 0 Å². The summed E-state index contributed by atoms with van der Waals surface area (Å²) in [5, 5.41) is 0.720. The number of ether oxygens (including phenoxy) is 1. The van der Waals surface area contributed by atoms with Gasteiger partial charge in [-0.3, -0.25) is 14.1 Å². The molecule has 128 valence electrons. The largest absolute Gasteiger partial charge is 0.371 e. The standard InChI is InChI=1S/C19H18ClN3O2/c20-15-6-4-14(5-7-15)17-13-22(9-10-25-17)12-16-11-19(24)23-8-2-1-3-18(23)21-16/h1-8,11,17H,9-10,12-13H2. The third-order valence-corrected chi connectivity index (χ3v) is 4.65. The van der Waals surface area contributed by atoms with E-state index in [0.29, 0.717) is 18.8 Å². The number of hydrogen-bond donors (Lipinski definition) is 0. The van der Waals surface area contributed by atoms with E-state index < -0.39 is 0 Å². The predicted molar refractivity (Wildman–Crippen MR) is 96.9 cm³/mol. The van der Waals surface area contributed by atoms with Gasteiger partial charge < -0.3 is 4.74 Å². The molecule has 0 spiro atoms. The van der Waals surface area contributed by atoms with E-state index in [-0.39, 0.29) is 11.7 Å². The fraction of sp³-hybridized carbons (Fsp3) is 0.263. The monoisotopic (exact) mass is 355 g/mol. The number of fused-ring (bicyclic) bond motifs is 1. The van der Waals surface area contributed by atoms with Crippen molar-refractivity contribution in [1.82, 2.24) is 14.3 Å². The van der Waals surface area contributed by atoms with Gasteiger partial charge in [-0.1, -0.05) is 29.8 Å². The Balaban J connectivity index is 1.52. The molecule has 2 aromatic heterocycles. The molecule has 1 aliphatic rings. The fourth-order valence-electron chi connectivity index (χ4n) is 3.14. The van der Waals surface area contributed by atoms with Gasteiger partial charge in [-0.15, -0.1) is 0 Å². The number of morpholine rings is 1. The van der Waals surface area contributed by atoms with Crippen LogP contribution in [-0.4, -0.2) is 34.0 Å². The van der Waals surface area contributed by atoms with E-state index in [1.807, 2.05) is 42.5 Å². The summed E-state index contributed by atoms with van der Waals surface area (Å²) in [4.78, 5) is 19.1. The Morgan fingerprint density at radius 2 is 2.04 bits per heavy atom. The zero-order chi connectivity index (χ0) is 17.2. The zero-order valence-electron chi connectivity index (χ0n) is 13.6. The molecule has 0 saturated carbocycles. The SMILES string of the molecule is O=c1cc(CN2CCOC(c3ccc(Cl)cc3)C2)nc2ccccn12. The number of hydrogen-bond acceptors (Lipinski definition) is 4. The van der Waals surface area contributed by atoms with Crippen LogP contribution >= 0.6 is 11.6 Å². The van der Waals surface area contributed by atoms with Crippen molar-refractivity contribution in [3.8, 4) is 0 Å². The van der Waals surface area contributed by atoms with Gasteiger partial charge >= 0.3 is 0 Å². The van der Waals surface area contributed by atoms with Crippen LogP contribution in [0.3, 0.4) is 0 Å². The summed E-state index contributed by atoms with van der Waals surface area (Å²) in [5.41, 5.74) is 2.52. The second-order valence-electron chi connectivity index (χ2n) is 6.16. The molecule has 3 aromatic rings. The average molecular weight is 356 g/mol. The molecule has 0 amide bonds. The third kappa shape index (κ3) is 3.58. The van der Waals surface area contributed by atoms with Crippen molar-refractivity contribution in [2.75, 3.05) is 19.7 Å². The molecular formula is C19H18ClN3O2. The van der Waals surface area contributed by atoms with Crippen molar-refractivity contribution in [1.29, 1.82) is 0 Å². The van der Waals surface area contributed by atoms with Crippen LogP contribution in [0.5, 0.6) is 0 Å². The first-order chi connectivity index (χ1) is 12.2. The lowest BCUT2D eigenvalue weighted by atomic mass is 10.1. The molecule has 4 rings (SSSR count). The minimum atomic E-state index is -0.0527. The van der Waals surface area contributed by atoms with E-state index in [1.165, 1.54) is 0 Å². The van der Waals surface area contributed by atoms with E-state index in [0.717, 1.165) is 29.4 Å². The van der Waals surface area contributed by atoms with Gasteiger partial charge in [0.1, 0.15) is 5.65 Å². The maximum Gasteiger partial charge on any atom is 0.258 e. The Morgan fingerprint density at radius 1 is 1.20 bits per heavy atom. The smallest absolute Gasteiger partial charge is 0.258 e. The number of halogens is 1. The maximum absolute atomic E-state index is 12.2. The molecule has 5 nitrogen and oxygen atoms in total. The third-order valence-electron chi connectivity index (χ3n) is 4.40. The average Bonchev–Trinajstić information content (AvgIpc) is 2.63. The van der Waals surface area contributed by atoms with Crippen LogP contribution in [0, 0.1) is 0 Å². The van der Waals surface area contributed by atoms with Crippen molar-refractivity contribution in [2.24, 2.45) is 0 Å². The Labute approximate surface area is 150 Å². The quantitative estimate of drug-likeness (QED) is 0.724. The van der Waals surface area contributed by atoms with Gasteiger partial charge in [0.25, 0.3) is 5.56 Å². The lowest BCUT2D eigenvalue weighted by Crippen LogP contribution is -2.38. The highest BCUT2D eigenvalue weighted by Crippen LogP contribution is 2.24. The van der Waals surface area contributed by atoms with E-state index in [1.54, 1.807) is 16.7 Å². The summed E-state index contributed by atoms with van der Waals surface area (Å²) >= 11 is 5.96. The fourth-order valence-corrected chi connectivity index (χ4v) is 3.26. The van der Waals surface area contributed by atoms with Crippen molar-refractivity contribution < 1.29 is 4.74 Å². The van der Waals surface area contributed by atoms with Crippen LogP contribution in [-0.2, 0) is 11.3 Å². The van der Waals surface area contributed by atoms with Crippen molar-refractivity contribution >= 4 is 17.2 Å². The summed E-state index contributed by atoms with van der Waals surface area (Å²) in [6.45, 7) is 2.87. The summed E-state index contributed by atoms with van der Waals surface area (Å²) in [5.74, 6) is 0.